The number of sulfonamides is 1. The van der Waals surface area contributed by atoms with Crippen LogP contribution in [-0.4, -0.2) is 20.5 Å². The van der Waals surface area contributed by atoms with Gasteiger partial charge in [-0.05, 0) is 47.0 Å². The summed E-state index contributed by atoms with van der Waals surface area (Å²) in [7, 11) is -3.84. The predicted molar refractivity (Wildman–Crippen MR) is 115 cm³/mol. The Balaban J connectivity index is 1.74. The monoisotopic (exact) mass is 405 g/mol. The SMILES string of the molecule is N=Cc1cccc(/C=C\C(=O)Nc2ccc(-c3ccccc3S(N)(=O)=O)cc2)c1. The van der Waals surface area contributed by atoms with Crippen LogP contribution in [0.25, 0.3) is 17.2 Å². The molecular weight excluding hydrogens is 386 g/mol. The van der Waals surface area contributed by atoms with Crippen LogP contribution < -0.4 is 10.5 Å². The van der Waals surface area contributed by atoms with Crippen molar-refractivity contribution in [2.45, 2.75) is 4.90 Å². The average Bonchev–Trinajstić information content (AvgIpc) is 2.72. The van der Waals surface area contributed by atoms with Crippen molar-refractivity contribution < 1.29 is 13.2 Å². The number of amides is 1. The molecule has 0 atom stereocenters. The van der Waals surface area contributed by atoms with Crippen LogP contribution >= 0.6 is 0 Å². The molecule has 0 aliphatic carbocycles. The number of benzene rings is 3. The molecule has 3 aromatic carbocycles. The van der Waals surface area contributed by atoms with Crippen molar-refractivity contribution in [2.24, 2.45) is 5.14 Å². The molecule has 7 heteroatoms. The van der Waals surface area contributed by atoms with Crippen molar-refractivity contribution in [2.75, 3.05) is 5.32 Å². The zero-order valence-electron chi connectivity index (χ0n) is 15.4. The van der Waals surface area contributed by atoms with Crippen LogP contribution in [0.2, 0.25) is 0 Å². The van der Waals surface area contributed by atoms with E-state index in [-0.39, 0.29) is 10.8 Å². The van der Waals surface area contributed by atoms with Gasteiger partial charge in [0.2, 0.25) is 15.9 Å². The van der Waals surface area contributed by atoms with Crippen molar-refractivity contribution in [1.82, 2.24) is 0 Å². The van der Waals surface area contributed by atoms with Crippen LogP contribution in [0.3, 0.4) is 0 Å². The number of primary sulfonamides is 1. The highest BCUT2D eigenvalue weighted by atomic mass is 32.2. The van der Waals surface area contributed by atoms with E-state index in [2.05, 4.69) is 5.32 Å². The van der Waals surface area contributed by atoms with Gasteiger partial charge in [-0.3, -0.25) is 4.79 Å². The van der Waals surface area contributed by atoms with Gasteiger partial charge in [-0.2, -0.15) is 0 Å². The summed E-state index contributed by atoms with van der Waals surface area (Å²) < 4.78 is 23.5. The minimum absolute atomic E-state index is 0.0480. The second-order valence-electron chi connectivity index (χ2n) is 6.26. The minimum Gasteiger partial charge on any atom is -0.323 e. The van der Waals surface area contributed by atoms with Crippen LogP contribution in [0.15, 0.2) is 83.8 Å². The summed E-state index contributed by atoms with van der Waals surface area (Å²) in [6, 6.07) is 20.6. The molecule has 0 bridgehead atoms. The fourth-order valence-corrected chi connectivity index (χ4v) is 3.56. The lowest BCUT2D eigenvalue weighted by Crippen LogP contribution is -2.13. The van der Waals surface area contributed by atoms with Crippen molar-refractivity contribution in [1.29, 1.82) is 5.41 Å². The normalized spacial score (nSPS) is 11.3. The fourth-order valence-electron chi connectivity index (χ4n) is 2.79. The molecule has 4 N–H and O–H groups in total. The topological polar surface area (TPSA) is 113 Å². The van der Waals surface area contributed by atoms with Crippen LogP contribution in [0.4, 0.5) is 5.69 Å². The zero-order chi connectivity index (χ0) is 20.9. The van der Waals surface area contributed by atoms with Gasteiger partial charge in [0.05, 0.1) is 4.90 Å². The quantitative estimate of drug-likeness (QED) is 0.430. The summed E-state index contributed by atoms with van der Waals surface area (Å²) in [5.74, 6) is -0.303. The Morgan fingerprint density at radius 3 is 2.31 bits per heavy atom. The molecule has 0 saturated heterocycles. The molecule has 0 aliphatic heterocycles. The third kappa shape index (κ3) is 5.25. The van der Waals surface area contributed by atoms with Crippen LogP contribution in [-0.2, 0) is 14.8 Å². The van der Waals surface area contributed by atoms with E-state index in [4.69, 9.17) is 10.5 Å². The van der Waals surface area contributed by atoms with E-state index >= 15 is 0 Å². The number of carbonyl (C=O) groups is 1. The molecule has 1 amide bonds. The van der Waals surface area contributed by atoms with Gasteiger partial charge in [-0.25, -0.2) is 13.6 Å². The van der Waals surface area contributed by atoms with Gasteiger partial charge in [0.1, 0.15) is 0 Å². The van der Waals surface area contributed by atoms with Gasteiger partial charge in [-0.15, -0.1) is 0 Å². The molecule has 0 unspecified atom stereocenters. The first-order valence-corrected chi connectivity index (χ1v) is 10.2. The first-order chi connectivity index (χ1) is 13.9. The largest absolute Gasteiger partial charge is 0.323 e. The summed E-state index contributed by atoms with van der Waals surface area (Å²) >= 11 is 0. The highest BCUT2D eigenvalue weighted by Crippen LogP contribution is 2.27. The third-order valence-corrected chi connectivity index (χ3v) is 5.13. The van der Waals surface area contributed by atoms with Crippen molar-refractivity contribution in [3.05, 3.63) is 90.0 Å². The minimum atomic E-state index is -3.84. The maximum absolute atomic E-state index is 12.1. The van der Waals surface area contributed by atoms with Crippen LogP contribution in [0.1, 0.15) is 11.1 Å². The lowest BCUT2D eigenvalue weighted by Gasteiger charge is -2.09. The second kappa shape index (κ2) is 8.64. The summed E-state index contributed by atoms with van der Waals surface area (Å²) in [6.07, 6.45) is 4.32. The Morgan fingerprint density at radius 1 is 0.931 bits per heavy atom. The summed E-state index contributed by atoms with van der Waals surface area (Å²) in [4.78, 5) is 12.2. The van der Waals surface area contributed by atoms with E-state index in [1.165, 1.54) is 18.4 Å². The molecule has 6 nitrogen and oxygen atoms in total. The molecule has 29 heavy (non-hydrogen) atoms. The van der Waals surface area contributed by atoms with Crippen LogP contribution in [0, 0.1) is 5.41 Å². The lowest BCUT2D eigenvalue weighted by molar-refractivity contribution is -0.111. The molecular formula is C22H19N3O3S. The van der Waals surface area contributed by atoms with Gasteiger partial charge >= 0.3 is 0 Å². The van der Waals surface area contributed by atoms with Gasteiger partial charge in [0.25, 0.3) is 0 Å². The Kier molecular flexibility index (Phi) is 6.01. The van der Waals surface area contributed by atoms with E-state index in [0.29, 0.717) is 16.8 Å². The molecule has 0 aliphatic rings. The Labute approximate surface area is 169 Å². The fraction of sp³-hybridized carbons (Fsp3) is 0. The molecule has 0 saturated carbocycles. The smallest absolute Gasteiger partial charge is 0.248 e. The number of carbonyl (C=O) groups excluding carboxylic acids is 1. The first kappa shape index (κ1) is 20.2. The number of hydrogen-bond acceptors (Lipinski definition) is 4. The number of anilines is 1. The van der Waals surface area contributed by atoms with Crippen molar-refractivity contribution >= 4 is 33.9 Å². The van der Waals surface area contributed by atoms with Crippen molar-refractivity contribution in [3.8, 4) is 11.1 Å². The Bertz CT molecular complexity index is 1180. The van der Waals surface area contributed by atoms with E-state index in [9.17, 15) is 13.2 Å². The second-order valence-corrected chi connectivity index (χ2v) is 7.79. The first-order valence-electron chi connectivity index (χ1n) is 8.69. The third-order valence-electron chi connectivity index (χ3n) is 4.16. The van der Waals surface area contributed by atoms with Crippen LogP contribution in [0.5, 0.6) is 0 Å². The lowest BCUT2D eigenvalue weighted by atomic mass is 10.1. The average molecular weight is 405 g/mol. The maximum Gasteiger partial charge on any atom is 0.248 e. The summed E-state index contributed by atoms with van der Waals surface area (Å²) in [5.41, 5.74) is 3.31. The molecule has 0 spiro atoms. The molecule has 3 aromatic rings. The molecule has 0 fully saturated rings. The van der Waals surface area contributed by atoms with E-state index in [0.717, 1.165) is 11.1 Å². The molecule has 0 aromatic heterocycles. The number of nitrogens with two attached hydrogens (primary N) is 1. The Hall–Kier alpha value is -3.55. The van der Waals surface area contributed by atoms with Crippen molar-refractivity contribution in [3.63, 3.8) is 0 Å². The number of nitrogens with one attached hydrogen (secondary N) is 2. The van der Waals surface area contributed by atoms with E-state index in [1.54, 1.807) is 60.7 Å². The van der Waals surface area contributed by atoms with Gasteiger partial charge < -0.3 is 10.7 Å². The van der Waals surface area contributed by atoms with Gasteiger partial charge in [0, 0.05) is 23.5 Å². The Morgan fingerprint density at radius 2 is 1.62 bits per heavy atom. The predicted octanol–water partition coefficient (Wildman–Crippen LogP) is 3.65. The maximum atomic E-state index is 12.1. The van der Waals surface area contributed by atoms with Gasteiger partial charge in [0.15, 0.2) is 0 Å². The van der Waals surface area contributed by atoms with Gasteiger partial charge in [-0.1, -0.05) is 48.5 Å². The standard InChI is InChI=1S/C22H19N3O3S/c23-15-17-5-3-4-16(14-17)8-13-22(26)25-19-11-9-18(10-12-19)20-6-1-2-7-21(20)29(24,27)28/h1-15,23H,(H,25,26)(H2,24,27,28)/b13-8-,23-15?. The molecule has 146 valence electrons. The number of rotatable bonds is 6. The highest BCUT2D eigenvalue weighted by molar-refractivity contribution is 7.89. The highest BCUT2D eigenvalue weighted by Gasteiger charge is 2.14. The molecule has 3 rings (SSSR count). The number of hydrogen-bond donors (Lipinski definition) is 3. The van der Waals surface area contributed by atoms with E-state index in [1.807, 2.05) is 12.1 Å². The zero-order valence-corrected chi connectivity index (χ0v) is 16.2. The molecule has 0 radical (unpaired) electrons. The summed E-state index contributed by atoms with van der Waals surface area (Å²) in [6.45, 7) is 0. The molecule has 0 heterocycles. The summed E-state index contributed by atoms with van der Waals surface area (Å²) in [5, 5.41) is 15.3. The van der Waals surface area contributed by atoms with E-state index < -0.39 is 10.0 Å².